The molecule has 0 spiro atoms. The molecular formula is C25H31N3O2. The van der Waals surface area contributed by atoms with Crippen molar-refractivity contribution in [3.8, 4) is 0 Å². The van der Waals surface area contributed by atoms with Gasteiger partial charge in [-0.25, -0.2) is 9.69 Å². The number of imide groups is 1. The Hall–Kier alpha value is -2.66. The lowest BCUT2D eigenvalue weighted by Gasteiger charge is -2.25. The number of aryl methyl sites for hydroxylation is 2. The van der Waals surface area contributed by atoms with Gasteiger partial charge in [0.05, 0.1) is 6.67 Å². The number of hydrogen-bond donors (Lipinski definition) is 1. The summed E-state index contributed by atoms with van der Waals surface area (Å²) >= 11 is 0. The van der Waals surface area contributed by atoms with Gasteiger partial charge in [-0.3, -0.25) is 9.69 Å². The Bertz CT molecular complexity index is 967. The summed E-state index contributed by atoms with van der Waals surface area (Å²) in [6, 6.07) is 14.4. The van der Waals surface area contributed by atoms with Gasteiger partial charge in [0.1, 0.15) is 5.54 Å². The van der Waals surface area contributed by atoms with Crippen molar-refractivity contribution < 1.29 is 9.59 Å². The summed E-state index contributed by atoms with van der Waals surface area (Å²) in [5, 5.41) is 2.94. The van der Waals surface area contributed by atoms with Crippen molar-refractivity contribution in [2.75, 3.05) is 13.7 Å². The summed E-state index contributed by atoms with van der Waals surface area (Å²) in [6.07, 6.45) is 3.30. The van der Waals surface area contributed by atoms with Crippen LogP contribution in [0.25, 0.3) is 0 Å². The second-order valence-corrected chi connectivity index (χ2v) is 9.18. The summed E-state index contributed by atoms with van der Waals surface area (Å²) in [5.41, 5.74) is 5.00. The van der Waals surface area contributed by atoms with Gasteiger partial charge < -0.3 is 5.32 Å². The molecule has 30 heavy (non-hydrogen) atoms. The van der Waals surface area contributed by atoms with Gasteiger partial charge in [-0.15, -0.1) is 0 Å². The molecule has 0 saturated carbocycles. The SMILES string of the molecule is CC(C)c1ccc(CN(C)CN2C(=O)N[C@](C)(c3ccc4c(c3)CCC4)C2=O)cc1. The Morgan fingerprint density at radius 2 is 1.77 bits per heavy atom. The highest BCUT2D eigenvalue weighted by Gasteiger charge is 2.49. The number of benzene rings is 2. The fourth-order valence-corrected chi connectivity index (χ4v) is 4.51. The van der Waals surface area contributed by atoms with Crippen LogP contribution in [0.15, 0.2) is 42.5 Å². The number of rotatable bonds is 6. The lowest BCUT2D eigenvalue weighted by Crippen LogP contribution is -2.42. The van der Waals surface area contributed by atoms with Crippen LogP contribution in [0.5, 0.6) is 0 Å². The van der Waals surface area contributed by atoms with Gasteiger partial charge >= 0.3 is 6.03 Å². The Morgan fingerprint density at radius 1 is 1.07 bits per heavy atom. The van der Waals surface area contributed by atoms with Crippen LogP contribution in [-0.2, 0) is 29.7 Å². The first-order valence-corrected chi connectivity index (χ1v) is 10.8. The molecule has 1 aliphatic carbocycles. The third kappa shape index (κ3) is 3.74. The molecule has 3 amide bonds. The number of nitrogens with zero attached hydrogens (tertiary/aromatic N) is 2. The second kappa shape index (κ2) is 7.88. The van der Waals surface area contributed by atoms with E-state index >= 15 is 0 Å². The topological polar surface area (TPSA) is 52.6 Å². The Kier molecular flexibility index (Phi) is 5.41. The molecule has 1 N–H and O–H groups in total. The van der Waals surface area contributed by atoms with Crippen LogP contribution in [0.4, 0.5) is 4.79 Å². The lowest BCUT2D eigenvalue weighted by molar-refractivity contribution is -0.132. The molecule has 4 rings (SSSR count). The Morgan fingerprint density at radius 3 is 2.47 bits per heavy atom. The number of fused-ring (bicyclic) bond motifs is 1. The summed E-state index contributed by atoms with van der Waals surface area (Å²) in [7, 11) is 1.93. The van der Waals surface area contributed by atoms with Crippen LogP contribution in [0.1, 0.15) is 60.9 Å². The van der Waals surface area contributed by atoms with Crippen molar-refractivity contribution in [3.63, 3.8) is 0 Å². The summed E-state index contributed by atoms with van der Waals surface area (Å²) in [6.45, 7) is 7.10. The van der Waals surface area contributed by atoms with E-state index in [0.717, 1.165) is 30.4 Å². The van der Waals surface area contributed by atoms with E-state index < -0.39 is 5.54 Å². The highest BCUT2D eigenvalue weighted by Crippen LogP contribution is 2.32. The van der Waals surface area contributed by atoms with Crippen molar-refractivity contribution >= 4 is 11.9 Å². The van der Waals surface area contributed by atoms with Crippen molar-refractivity contribution in [2.24, 2.45) is 0 Å². The van der Waals surface area contributed by atoms with Crippen LogP contribution in [0.3, 0.4) is 0 Å². The molecule has 1 atom stereocenters. The molecule has 1 saturated heterocycles. The maximum atomic E-state index is 13.3. The molecule has 2 aromatic rings. The molecule has 5 heteroatoms. The van der Waals surface area contributed by atoms with Gasteiger partial charge in [-0.1, -0.05) is 56.3 Å². The Balaban J connectivity index is 1.46. The number of nitrogens with one attached hydrogen (secondary N) is 1. The third-order valence-electron chi connectivity index (χ3n) is 6.43. The van der Waals surface area contributed by atoms with Crippen LogP contribution in [0, 0.1) is 0 Å². The predicted octanol–water partition coefficient (Wildman–Crippen LogP) is 4.16. The standard InChI is InChI=1S/C25H31N3O2/c1-17(2)19-10-8-18(9-11-19)15-27(4)16-28-23(29)25(3,26-24(28)30)22-13-12-20-6-5-7-21(20)14-22/h8-14,17H,5-7,15-16H2,1-4H3,(H,26,30)/t25-/m1/s1. The van der Waals surface area contributed by atoms with Crippen molar-refractivity contribution in [2.45, 2.75) is 58.0 Å². The van der Waals surface area contributed by atoms with Gasteiger partial charge in [0.2, 0.25) is 0 Å². The van der Waals surface area contributed by atoms with Crippen molar-refractivity contribution in [3.05, 3.63) is 70.3 Å². The normalized spacial score (nSPS) is 20.9. The molecule has 0 aromatic heterocycles. The number of urea groups is 1. The largest absolute Gasteiger partial charge is 0.326 e. The lowest BCUT2D eigenvalue weighted by atomic mass is 9.90. The molecule has 0 unspecified atom stereocenters. The van der Waals surface area contributed by atoms with Gasteiger partial charge in [0, 0.05) is 6.54 Å². The summed E-state index contributed by atoms with van der Waals surface area (Å²) in [4.78, 5) is 29.3. The molecular weight excluding hydrogens is 374 g/mol. The highest BCUT2D eigenvalue weighted by molar-refractivity contribution is 6.07. The number of carbonyl (C=O) groups excluding carboxylic acids is 2. The van der Waals surface area contributed by atoms with E-state index in [4.69, 9.17) is 0 Å². The molecule has 2 aromatic carbocycles. The second-order valence-electron chi connectivity index (χ2n) is 9.18. The average molecular weight is 406 g/mol. The fraction of sp³-hybridized carbons (Fsp3) is 0.440. The van der Waals surface area contributed by atoms with Crippen LogP contribution in [-0.4, -0.2) is 35.5 Å². The van der Waals surface area contributed by atoms with E-state index in [9.17, 15) is 9.59 Å². The minimum atomic E-state index is -1.01. The van der Waals surface area contributed by atoms with Crippen molar-refractivity contribution in [1.82, 2.24) is 15.1 Å². The van der Waals surface area contributed by atoms with Crippen LogP contribution in [0.2, 0.25) is 0 Å². The van der Waals surface area contributed by atoms with Gasteiger partial charge in [0.15, 0.2) is 0 Å². The first-order chi connectivity index (χ1) is 14.3. The zero-order valence-corrected chi connectivity index (χ0v) is 18.4. The van der Waals surface area contributed by atoms with E-state index in [0.29, 0.717) is 12.5 Å². The predicted molar refractivity (Wildman–Crippen MR) is 118 cm³/mol. The monoisotopic (exact) mass is 405 g/mol. The van der Waals surface area contributed by atoms with Gasteiger partial charge in [0.25, 0.3) is 5.91 Å². The molecule has 0 radical (unpaired) electrons. The number of amides is 3. The maximum absolute atomic E-state index is 13.3. The molecule has 1 aliphatic heterocycles. The van der Waals surface area contributed by atoms with Gasteiger partial charge in [-0.05, 0) is 67.0 Å². The van der Waals surface area contributed by atoms with E-state index in [1.807, 2.05) is 24.9 Å². The molecule has 1 heterocycles. The molecule has 1 fully saturated rings. The summed E-state index contributed by atoms with van der Waals surface area (Å²) < 4.78 is 0. The smallest absolute Gasteiger partial charge is 0.319 e. The minimum absolute atomic E-state index is 0.188. The summed E-state index contributed by atoms with van der Waals surface area (Å²) in [5.74, 6) is 0.312. The van der Waals surface area contributed by atoms with Crippen LogP contribution < -0.4 is 5.32 Å². The van der Waals surface area contributed by atoms with E-state index in [1.165, 1.54) is 21.6 Å². The maximum Gasteiger partial charge on any atom is 0.326 e. The third-order valence-corrected chi connectivity index (χ3v) is 6.43. The molecule has 0 bridgehead atoms. The zero-order valence-electron chi connectivity index (χ0n) is 18.4. The first kappa shape index (κ1) is 20.6. The first-order valence-electron chi connectivity index (χ1n) is 10.8. The highest BCUT2D eigenvalue weighted by atomic mass is 16.2. The Labute approximate surface area is 179 Å². The number of hydrogen-bond acceptors (Lipinski definition) is 3. The molecule has 2 aliphatic rings. The van der Waals surface area contributed by atoms with E-state index in [-0.39, 0.29) is 18.6 Å². The zero-order chi connectivity index (χ0) is 21.5. The average Bonchev–Trinajstić information content (AvgIpc) is 3.27. The van der Waals surface area contributed by atoms with Gasteiger partial charge in [-0.2, -0.15) is 0 Å². The number of carbonyl (C=O) groups is 2. The molecule has 158 valence electrons. The van der Waals surface area contributed by atoms with E-state index in [1.54, 1.807) is 0 Å². The minimum Gasteiger partial charge on any atom is -0.319 e. The van der Waals surface area contributed by atoms with Crippen LogP contribution >= 0.6 is 0 Å². The molecule has 5 nitrogen and oxygen atoms in total. The van der Waals surface area contributed by atoms with E-state index in [2.05, 4.69) is 55.6 Å². The van der Waals surface area contributed by atoms with Crippen molar-refractivity contribution in [1.29, 1.82) is 0 Å². The quantitative estimate of drug-likeness (QED) is 0.735. The fourth-order valence-electron chi connectivity index (χ4n) is 4.51.